The number of nitrogens with two attached hydrogens (primary N) is 1. The van der Waals surface area contributed by atoms with Gasteiger partial charge in [0.15, 0.2) is 0 Å². The molecule has 3 heterocycles. The van der Waals surface area contributed by atoms with Crippen molar-refractivity contribution < 1.29 is 13.2 Å². The van der Waals surface area contributed by atoms with Gasteiger partial charge in [-0.2, -0.15) is 0 Å². The summed E-state index contributed by atoms with van der Waals surface area (Å²) in [5.41, 5.74) is 10.4. The van der Waals surface area contributed by atoms with Gasteiger partial charge in [-0.05, 0) is 72.5 Å². The Hall–Kier alpha value is -1.77. The van der Waals surface area contributed by atoms with Crippen molar-refractivity contribution in [3.63, 3.8) is 0 Å². The first-order valence-electron chi connectivity index (χ1n) is 11.0. The van der Waals surface area contributed by atoms with Gasteiger partial charge in [0.1, 0.15) is 9.84 Å². The van der Waals surface area contributed by atoms with Crippen molar-refractivity contribution in [1.82, 2.24) is 9.88 Å². The van der Waals surface area contributed by atoms with Gasteiger partial charge in [0.25, 0.3) is 5.91 Å². The first kappa shape index (κ1) is 22.4. The number of hydrogen-bond acceptors (Lipinski definition) is 5. The van der Waals surface area contributed by atoms with Crippen LogP contribution in [-0.2, 0) is 9.84 Å². The zero-order valence-electron chi connectivity index (χ0n) is 18.2. The summed E-state index contributed by atoms with van der Waals surface area (Å²) < 4.78 is 23.7. The molecule has 31 heavy (non-hydrogen) atoms. The molecule has 3 N–H and O–H groups in total. The molecule has 1 unspecified atom stereocenters. The highest BCUT2D eigenvalue weighted by Gasteiger charge is 2.28. The van der Waals surface area contributed by atoms with E-state index in [0.29, 0.717) is 23.7 Å². The lowest BCUT2D eigenvalue weighted by atomic mass is 9.90. The number of H-pyrrole nitrogens is 1. The van der Waals surface area contributed by atoms with Gasteiger partial charge in [-0.1, -0.05) is 13.8 Å². The summed E-state index contributed by atoms with van der Waals surface area (Å²) in [5.74, 6) is 0.177. The van der Waals surface area contributed by atoms with Crippen LogP contribution in [0.3, 0.4) is 0 Å². The van der Waals surface area contributed by atoms with E-state index in [1.807, 2.05) is 24.0 Å². The van der Waals surface area contributed by atoms with Gasteiger partial charge in [-0.15, -0.1) is 11.8 Å². The van der Waals surface area contributed by atoms with Crippen LogP contribution in [-0.4, -0.2) is 60.6 Å². The van der Waals surface area contributed by atoms with Gasteiger partial charge in [-0.3, -0.25) is 4.79 Å². The van der Waals surface area contributed by atoms with Crippen molar-refractivity contribution in [3.05, 3.63) is 40.4 Å². The lowest BCUT2D eigenvalue weighted by Crippen LogP contribution is -2.29. The highest BCUT2D eigenvalue weighted by molar-refractivity contribution is 8.03. The highest BCUT2D eigenvalue weighted by atomic mass is 32.2. The van der Waals surface area contributed by atoms with Crippen molar-refractivity contribution in [1.29, 1.82) is 0 Å². The standard InChI is InChI=1S/C23H31N3O3S2/c1-3-26(4-2)13-18-9-17(14-30-18)16-10-19-21(15-5-7-31(28,29)8-6-15)12-25-22(19)20(11-16)23(24)27/h10-12,14-15,18,25H,3-9,13H2,1-2H3,(H2,24,27). The minimum Gasteiger partial charge on any atom is -0.366 e. The number of aromatic nitrogens is 1. The molecule has 2 aromatic rings. The van der Waals surface area contributed by atoms with Crippen molar-refractivity contribution in [2.45, 2.75) is 44.3 Å². The monoisotopic (exact) mass is 461 g/mol. The second-order valence-corrected chi connectivity index (χ2v) is 12.1. The Labute approximate surface area is 188 Å². The quantitative estimate of drug-likeness (QED) is 0.655. The number of fused-ring (bicyclic) bond motifs is 1. The maximum atomic E-state index is 12.2. The van der Waals surface area contributed by atoms with E-state index in [1.54, 1.807) is 0 Å². The number of carbonyl (C=O) groups excluding carboxylic acids is 1. The highest BCUT2D eigenvalue weighted by Crippen LogP contribution is 2.40. The summed E-state index contributed by atoms with van der Waals surface area (Å²) in [6, 6.07) is 4.06. The van der Waals surface area contributed by atoms with Crippen LogP contribution in [0.25, 0.3) is 16.5 Å². The molecule has 1 atom stereocenters. The maximum Gasteiger partial charge on any atom is 0.250 e. The van der Waals surface area contributed by atoms with E-state index in [9.17, 15) is 13.2 Å². The minimum absolute atomic E-state index is 0.176. The fraction of sp³-hybridized carbons (Fsp3) is 0.522. The molecule has 1 aromatic carbocycles. The molecule has 168 valence electrons. The largest absolute Gasteiger partial charge is 0.366 e. The van der Waals surface area contributed by atoms with Crippen LogP contribution in [0.5, 0.6) is 0 Å². The van der Waals surface area contributed by atoms with Crippen LogP contribution in [0.2, 0.25) is 0 Å². The van der Waals surface area contributed by atoms with E-state index in [2.05, 4.69) is 35.2 Å². The van der Waals surface area contributed by atoms with E-state index in [1.165, 1.54) is 5.57 Å². The van der Waals surface area contributed by atoms with Crippen molar-refractivity contribution in [2.75, 3.05) is 31.1 Å². The zero-order chi connectivity index (χ0) is 22.2. The molecule has 1 saturated heterocycles. The molecule has 0 spiro atoms. The number of nitrogens with one attached hydrogen (secondary N) is 1. The van der Waals surface area contributed by atoms with E-state index in [0.717, 1.165) is 48.1 Å². The zero-order valence-corrected chi connectivity index (χ0v) is 19.8. The molecule has 0 saturated carbocycles. The number of thioether (sulfide) groups is 1. The van der Waals surface area contributed by atoms with Gasteiger partial charge in [-0.25, -0.2) is 8.42 Å². The predicted molar refractivity (Wildman–Crippen MR) is 129 cm³/mol. The fourth-order valence-electron chi connectivity index (χ4n) is 4.75. The number of aromatic amines is 1. The number of hydrogen-bond donors (Lipinski definition) is 2. The molecule has 1 fully saturated rings. The predicted octanol–water partition coefficient (Wildman–Crippen LogP) is 3.75. The van der Waals surface area contributed by atoms with E-state index >= 15 is 0 Å². The molecule has 0 radical (unpaired) electrons. The second-order valence-electron chi connectivity index (χ2n) is 8.57. The number of sulfone groups is 1. The van der Waals surface area contributed by atoms with Gasteiger partial charge >= 0.3 is 0 Å². The smallest absolute Gasteiger partial charge is 0.250 e. The van der Waals surface area contributed by atoms with Crippen LogP contribution in [0.4, 0.5) is 0 Å². The first-order valence-corrected chi connectivity index (χ1v) is 13.8. The number of benzene rings is 1. The molecule has 4 rings (SSSR count). The summed E-state index contributed by atoms with van der Waals surface area (Å²) >= 11 is 1.86. The molecule has 1 amide bonds. The number of rotatable bonds is 7. The molecule has 1 aromatic heterocycles. The molecule has 2 aliphatic rings. The maximum absolute atomic E-state index is 12.2. The van der Waals surface area contributed by atoms with Crippen LogP contribution >= 0.6 is 11.8 Å². The van der Waals surface area contributed by atoms with E-state index < -0.39 is 15.7 Å². The Kier molecular flexibility index (Phi) is 6.51. The van der Waals surface area contributed by atoms with Gasteiger partial charge in [0, 0.05) is 23.4 Å². The van der Waals surface area contributed by atoms with Crippen LogP contribution in [0.15, 0.2) is 23.7 Å². The summed E-state index contributed by atoms with van der Waals surface area (Å²) in [7, 11) is -2.92. The van der Waals surface area contributed by atoms with Gasteiger partial charge in [0.2, 0.25) is 0 Å². The fourth-order valence-corrected chi connectivity index (χ4v) is 7.41. The summed E-state index contributed by atoms with van der Waals surface area (Å²) in [6.07, 6.45) is 4.14. The third-order valence-electron chi connectivity index (χ3n) is 6.66. The van der Waals surface area contributed by atoms with Crippen molar-refractivity contribution in [3.8, 4) is 0 Å². The normalized spacial score (nSPS) is 21.6. The number of allylic oxidation sites excluding steroid dienone is 1. The SMILES string of the molecule is CCN(CC)CC1CC(c2cc(C(N)=O)c3[nH]cc(C4CCS(=O)(=O)CC4)c3c2)=CS1. The average Bonchev–Trinajstić information content (AvgIpc) is 3.38. The van der Waals surface area contributed by atoms with E-state index in [-0.39, 0.29) is 17.4 Å². The molecule has 0 bridgehead atoms. The molecule has 8 heteroatoms. The summed E-state index contributed by atoms with van der Waals surface area (Å²) in [6.45, 7) is 7.52. The lowest BCUT2D eigenvalue weighted by Gasteiger charge is -2.22. The average molecular weight is 462 g/mol. The number of nitrogens with zero attached hydrogens (tertiary/aromatic N) is 1. The molecule has 2 aliphatic heterocycles. The Morgan fingerprint density at radius 3 is 2.58 bits per heavy atom. The second kappa shape index (κ2) is 9.00. The lowest BCUT2D eigenvalue weighted by molar-refractivity contribution is 0.100. The van der Waals surface area contributed by atoms with Crippen LogP contribution < -0.4 is 5.73 Å². The Bertz CT molecular complexity index is 1100. The van der Waals surface area contributed by atoms with Crippen LogP contribution in [0.1, 0.15) is 60.5 Å². The molecule has 6 nitrogen and oxygen atoms in total. The Morgan fingerprint density at radius 2 is 1.94 bits per heavy atom. The van der Waals surface area contributed by atoms with Gasteiger partial charge in [0.05, 0.1) is 22.6 Å². The third kappa shape index (κ3) is 4.71. The van der Waals surface area contributed by atoms with Crippen molar-refractivity contribution in [2.24, 2.45) is 5.73 Å². The molecular weight excluding hydrogens is 430 g/mol. The first-order chi connectivity index (χ1) is 14.8. The summed E-state index contributed by atoms with van der Waals surface area (Å²) in [5, 5.41) is 3.73. The van der Waals surface area contributed by atoms with E-state index in [4.69, 9.17) is 5.73 Å². The molecular formula is C23H31N3O3S2. The minimum atomic E-state index is -2.92. The topological polar surface area (TPSA) is 96.3 Å². The van der Waals surface area contributed by atoms with Crippen molar-refractivity contribution >= 4 is 44.0 Å². The number of primary amides is 1. The summed E-state index contributed by atoms with van der Waals surface area (Å²) in [4.78, 5) is 17.9. The van der Waals surface area contributed by atoms with Crippen LogP contribution in [0, 0.1) is 0 Å². The van der Waals surface area contributed by atoms with Gasteiger partial charge < -0.3 is 15.6 Å². The third-order valence-corrected chi connectivity index (χ3v) is 9.50. The Balaban J connectivity index is 1.65. The number of carbonyl (C=O) groups is 1. The Morgan fingerprint density at radius 1 is 1.23 bits per heavy atom. The molecule has 0 aliphatic carbocycles. The number of amides is 1.